The molecule has 2 aromatic carbocycles. The number of nitrogens with zero attached hydrogens (tertiary/aromatic N) is 2. The molecule has 1 saturated heterocycles. The van der Waals surface area contributed by atoms with Gasteiger partial charge in [-0.2, -0.15) is 0 Å². The number of amides is 4. The van der Waals surface area contributed by atoms with Crippen LogP contribution in [0.2, 0.25) is 0 Å². The van der Waals surface area contributed by atoms with Crippen LogP contribution in [0.3, 0.4) is 0 Å². The number of rotatable bonds is 8. The number of urea groups is 1. The Morgan fingerprint density at radius 3 is 2.29 bits per heavy atom. The number of halogens is 1. The third-order valence-corrected chi connectivity index (χ3v) is 4.74. The highest BCUT2D eigenvalue weighted by Gasteiger charge is 2.46. The van der Waals surface area contributed by atoms with Crippen molar-refractivity contribution in [2.75, 3.05) is 31.0 Å². The first-order valence-electron chi connectivity index (χ1n) is 9.42. The average Bonchev–Trinajstić information content (AvgIpc) is 2.98. The smallest absolute Gasteiger partial charge is 0.332 e. The van der Waals surface area contributed by atoms with Gasteiger partial charge in [0.25, 0.3) is 5.91 Å². The van der Waals surface area contributed by atoms with Gasteiger partial charge in [-0.15, -0.1) is 6.58 Å². The maximum absolute atomic E-state index is 13.2. The molecule has 0 spiro atoms. The van der Waals surface area contributed by atoms with Gasteiger partial charge in [0.15, 0.2) is 0 Å². The molecule has 31 heavy (non-hydrogen) atoms. The van der Waals surface area contributed by atoms with Crippen LogP contribution >= 0.6 is 0 Å². The molecule has 1 heterocycles. The SMILES string of the molecule is C=CCN1C(=O)N(c2ccc(F)cc2)C(=O)[C@@H]1CC(=O)Nc1cc(OC)cc(OC)c1. The minimum atomic E-state index is -1.02. The number of anilines is 2. The van der Waals surface area contributed by atoms with E-state index in [2.05, 4.69) is 11.9 Å². The van der Waals surface area contributed by atoms with Crippen LogP contribution in [-0.2, 0) is 9.59 Å². The number of ether oxygens (including phenoxy) is 2. The Kier molecular flexibility index (Phi) is 6.54. The van der Waals surface area contributed by atoms with E-state index in [0.717, 1.165) is 17.0 Å². The molecule has 0 aliphatic carbocycles. The largest absolute Gasteiger partial charge is 0.497 e. The number of carbonyl (C=O) groups is 3. The Morgan fingerprint density at radius 1 is 1.13 bits per heavy atom. The molecule has 0 saturated carbocycles. The van der Waals surface area contributed by atoms with Gasteiger partial charge < -0.3 is 19.7 Å². The zero-order chi connectivity index (χ0) is 22.5. The normalized spacial score (nSPS) is 15.8. The Morgan fingerprint density at radius 2 is 1.74 bits per heavy atom. The molecule has 0 unspecified atom stereocenters. The van der Waals surface area contributed by atoms with Gasteiger partial charge in [0.05, 0.1) is 26.3 Å². The molecule has 0 radical (unpaired) electrons. The molecular weight excluding hydrogens is 405 g/mol. The van der Waals surface area contributed by atoms with E-state index >= 15 is 0 Å². The van der Waals surface area contributed by atoms with Gasteiger partial charge in [0.1, 0.15) is 23.4 Å². The monoisotopic (exact) mass is 427 g/mol. The third kappa shape index (κ3) is 4.66. The fraction of sp³-hybridized carbons (Fsp3) is 0.227. The van der Waals surface area contributed by atoms with E-state index in [-0.39, 0.29) is 18.7 Å². The van der Waals surface area contributed by atoms with Crippen LogP contribution in [0, 0.1) is 5.82 Å². The van der Waals surface area contributed by atoms with Crippen molar-refractivity contribution in [3.63, 3.8) is 0 Å². The van der Waals surface area contributed by atoms with Crippen LogP contribution in [0.15, 0.2) is 55.1 Å². The lowest BCUT2D eigenvalue weighted by Gasteiger charge is -2.19. The van der Waals surface area contributed by atoms with E-state index in [1.165, 1.54) is 37.3 Å². The summed E-state index contributed by atoms with van der Waals surface area (Å²) in [5.41, 5.74) is 0.648. The van der Waals surface area contributed by atoms with Crippen molar-refractivity contribution in [3.05, 3.63) is 60.9 Å². The van der Waals surface area contributed by atoms with Crippen LogP contribution in [0.5, 0.6) is 11.5 Å². The van der Waals surface area contributed by atoms with Crippen LogP contribution in [-0.4, -0.2) is 49.6 Å². The lowest BCUT2D eigenvalue weighted by molar-refractivity contribution is -0.124. The van der Waals surface area contributed by atoms with Gasteiger partial charge in [-0.3, -0.25) is 9.59 Å². The van der Waals surface area contributed by atoms with E-state index in [4.69, 9.17) is 9.47 Å². The second-order valence-corrected chi connectivity index (χ2v) is 6.74. The van der Waals surface area contributed by atoms with E-state index in [1.54, 1.807) is 18.2 Å². The van der Waals surface area contributed by atoms with Gasteiger partial charge in [-0.25, -0.2) is 14.1 Å². The second kappa shape index (κ2) is 9.29. The Hall–Kier alpha value is -3.88. The van der Waals surface area contributed by atoms with E-state index in [0.29, 0.717) is 17.2 Å². The van der Waals surface area contributed by atoms with Crippen molar-refractivity contribution >= 4 is 29.2 Å². The summed E-state index contributed by atoms with van der Waals surface area (Å²) in [6.45, 7) is 3.69. The van der Waals surface area contributed by atoms with Crippen molar-refractivity contribution in [2.45, 2.75) is 12.5 Å². The molecular formula is C22H22FN3O5. The highest BCUT2D eigenvalue weighted by molar-refractivity contribution is 6.22. The molecule has 162 valence electrons. The maximum atomic E-state index is 13.2. The van der Waals surface area contributed by atoms with Crippen molar-refractivity contribution < 1.29 is 28.2 Å². The number of methoxy groups -OCH3 is 2. The predicted molar refractivity (Wildman–Crippen MR) is 113 cm³/mol. The van der Waals surface area contributed by atoms with Gasteiger partial charge in [0, 0.05) is 30.4 Å². The Labute approximate surface area is 178 Å². The highest BCUT2D eigenvalue weighted by atomic mass is 19.1. The number of carbonyl (C=O) groups excluding carboxylic acids is 3. The van der Waals surface area contributed by atoms with Crippen LogP contribution in [0.1, 0.15) is 6.42 Å². The van der Waals surface area contributed by atoms with Gasteiger partial charge in [-0.1, -0.05) is 6.08 Å². The zero-order valence-corrected chi connectivity index (χ0v) is 17.1. The zero-order valence-electron chi connectivity index (χ0n) is 17.1. The van der Waals surface area contributed by atoms with Gasteiger partial charge in [0.2, 0.25) is 5.91 Å². The number of imide groups is 1. The molecule has 1 atom stereocenters. The summed E-state index contributed by atoms with van der Waals surface area (Å²) >= 11 is 0. The molecule has 3 rings (SSSR count). The van der Waals surface area contributed by atoms with Crippen LogP contribution in [0.25, 0.3) is 0 Å². The molecule has 2 aromatic rings. The first-order valence-corrected chi connectivity index (χ1v) is 9.42. The van der Waals surface area contributed by atoms with E-state index in [9.17, 15) is 18.8 Å². The lowest BCUT2D eigenvalue weighted by Crippen LogP contribution is -2.38. The van der Waals surface area contributed by atoms with Gasteiger partial charge in [-0.05, 0) is 24.3 Å². The summed E-state index contributed by atoms with van der Waals surface area (Å²) in [5, 5.41) is 2.70. The average molecular weight is 427 g/mol. The lowest BCUT2D eigenvalue weighted by atomic mass is 10.1. The molecule has 4 amide bonds. The van der Waals surface area contributed by atoms with E-state index in [1.807, 2.05) is 0 Å². The summed E-state index contributed by atoms with van der Waals surface area (Å²) in [5.74, 6) is -0.571. The number of benzene rings is 2. The fourth-order valence-electron chi connectivity index (χ4n) is 3.28. The molecule has 1 aliphatic heterocycles. The summed E-state index contributed by atoms with van der Waals surface area (Å²) in [6, 6.07) is 8.22. The number of hydrogen-bond acceptors (Lipinski definition) is 5. The Bertz CT molecular complexity index is 986. The van der Waals surface area contributed by atoms with Crippen molar-refractivity contribution in [1.82, 2.24) is 4.90 Å². The third-order valence-electron chi connectivity index (χ3n) is 4.74. The molecule has 1 fully saturated rings. The predicted octanol–water partition coefficient (Wildman–Crippen LogP) is 3.19. The second-order valence-electron chi connectivity index (χ2n) is 6.74. The maximum Gasteiger partial charge on any atom is 0.332 e. The molecule has 0 bridgehead atoms. The summed E-state index contributed by atoms with van der Waals surface area (Å²) in [4.78, 5) is 40.7. The van der Waals surface area contributed by atoms with Crippen molar-refractivity contribution in [1.29, 1.82) is 0 Å². The summed E-state index contributed by atoms with van der Waals surface area (Å²) in [7, 11) is 2.97. The Balaban J connectivity index is 1.80. The highest BCUT2D eigenvalue weighted by Crippen LogP contribution is 2.29. The number of nitrogens with one attached hydrogen (secondary N) is 1. The molecule has 1 N–H and O–H groups in total. The van der Waals surface area contributed by atoms with Gasteiger partial charge >= 0.3 is 6.03 Å². The minimum absolute atomic E-state index is 0.0766. The summed E-state index contributed by atoms with van der Waals surface area (Å²) < 4.78 is 23.6. The minimum Gasteiger partial charge on any atom is -0.497 e. The molecule has 1 aliphatic rings. The van der Waals surface area contributed by atoms with E-state index < -0.39 is 29.7 Å². The van der Waals surface area contributed by atoms with Crippen LogP contribution in [0.4, 0.5) is 20.6 Å². The van der Waals surface area contributed by atoms with Crippen molar-refractivity contribution in [2.24, 2.45) is 0 Å². The topological polar surface area (TPSA) is 88.2 Å². The molecule has 9 heteroatoms. The summed E-state index contributed by atoms with van der Waals surface area (Å²) in [6.07, 6.45) is 1.20. The first-order chi connectivity index (χ1) is 14.9. The fourth-order valence-corrected chi connectivity index (χ4v) is 3.28. The van der Waals surface area contributed by atoms with Crippen molar-refractivity contribution in [3.8, 4) is 11.5 Å². The standard InChI is InChI=1S/C22H22FN3O5/c1-4-9-25-19(21(28)26(22(25)29)16-7-5-14(23)6-8-16)13-20(27)24-15-10-17(30-2)12-18(11-15)31-3/h4-8,10-12,19H,1,9,13H2,2-3H3,(H,24,27)/t19-/m0/s1. The first kappa shape index (κ1) is 21.8. The molecule has 8 nitrogen and oxygen atoms in total. The quantitative estimate of drug-likeness (QED) is 0.516. The molecule has 0 aromatic heterocycles. The van der Waals surface area contributed by atoms with Crippen LogP contribution < -0.4 is 19.7 Å². The number of hydrogen-bond donors (Lipinski definition) is 1.